The molecule has 0 saturated carbocycles. The van der Waals surface area contributed by atoms with Crippen LogP contribution in [0, 0.1) is 6.92 Å². The van der Waals surface area contributed by atoms with Crippen LogP contribution in [-0.4, -0.2) is 37.2 Å². The van der Waals surface area contributed by atoms with E-state index < -0.39 is 10.0 Å². The zero-order chi connectivity index (χ0) is 17.2. The Morgan fingerprint density at radius 2 is 1.74 bits per heavy atom. The molecule has 0 unspecified atom stereocenters. The van der Waals surface area contributed by atoms with Gasteiger partial charge in [-0.25, -0.2) is 12.4 Å². The van der Waals surface area contributed by atoms with E-state index >= 15 is 0 Å². The Morgan fingerprint density at radius 3 is 2.30 bits per heavy atom. The maximum atomic E-state index is 12.6. The van der Waals surface area contributed by atoms with E-state index in [4.69, 9.17) is 0 Å². The Kier molecular flexibility index (Phi) is 4.75. The molecule has 122 valence electrons. The second-order valence-corrected chi connectivity index (χ2v) is 7.50. The van der Waals surface area contributed by atoms with E-state index in [1.807, 2.05) is 21.0 Å². The highest BCUT2D eigenvalue weighted by Crippen LogP contribution is 2.17. The lowest BCUT2D eigenvalue weighted by Crippen LogP contribution is -2.11. The van der Waals surface area contributed by atoms with Gasteiger partial charge in [-0.3, -0.25) is 4.79 Å². The number of aryl methyl sites for hydroxylation is 1. The molecule has 0 aliphatic rings. The third-order valence-electron chi connectivity index (χ3n) is 3.34. The summed E-state index contributed by atoms with van der Waals surface area (Å²) in [4.78, 5) is 14.3. The number of nitrogens with zero attached hydrogens (tertiary/aromatic N) is 2. The molecule has 0 atom stereocenters. The first kappa shape index (κ1) is 17.0. The Hall–Kier alpha value is -2.34. The molecule has 6 heteroatoms. The molecule has 0 saturated heterocycles. The van der Waals surface area contributed by atoms with Crippen LogP contribution in [0.15, 0.2) is 59.4 Å². The van der Waals surface area contributed by atoms with Crippen molar-refractivity contribution in [1.29, 1.82) is 0 Å². The van der Waals surface area contributed by atoms with E-state index in [-0.39, 0.29) is 10.7 Å². The fraction of sp³-hybridized carbons (Fsp3) is 0.235. The van der Waals surface area contributed by atoms with Gasteiger partial charge in [0, 0.05) is 43.8 Å². The monoisotopic (exact) mass is 332 g/mol. The fourth-order valence-corrected chi connectivity index (χ4v) is 3.36. The number of ketones is 1. The first-order valence-corrected chi connectivity index (χ1v) is 8.55. The highest BCUT2D eigenvalue weighted by molar-refractivity contribution is 7.90. The average molecular weight is 332 g/mol. The molecule has 0 amide bonds. The normalized spacial score (nSPS) is 12.3. The molecule has 5 nitrogen and oxygen atoms in total. The Labute approximate surface area is 136 Å². The number of carbonyl (C=O) groups is 1. The third kappa shape index (κ3) is 3.71. The van der Waals surface area contributed by atoms with Crippen LogP contribution < -0.4 is 0 Å². The highest BCUT2D eigenvalue weighted by Gasteiger charge is 2.18. The summed E-state index contributed by atoms with van der Waals surface area (Å²) in [6, 6.07) is 8.12. The lowest BCUT2D eigenvalue weighted by atomic mass is 10.1. The summed E-state index contributed by atoms with van der Waals surface area (Å²) in [5, 5.41) is 0. The minimum Gasteiger partial charge on any atom is -0.383 e. The van der Waals surface area contributed by atoms with Crippen molar-refractivity contribution in [1.82, 2.24) is 8.87 Å². The molecule has 0 N–H and O–H groups in total. The molecule has 1 heterocycles. The Balaban J connectivity index is 2.35. The highest BCUT2D eigenvalue weighted by atomic mass is 32.2. The first-order chi connectivity index (χ1) is 10.7. The Morgan fingerprint density at radius 1 is 1.13 bits per heavy atom. The van der Waals surface area contributed by atoms with Gasteiger partial charge in [-0.2, -0.15) is 0 Å². The van der Waals surface area contributed by atoms with Crippen LogP contribution >= 0.6 is 0 Å². The second-order valence-electron chi connectivity index (χ2n) is 5.65. The van der Waals surface area contributed by atoms with Crippen LogP contribution in [0.4, 0.5) is 0 Å². The number of allylic oxidation sites excluding steroid dienone is 1. The molecule has 2 rings (SSSR count). The third-order valence-corrected chi connectivity index (χ3v) is 4.99. The van der Waals surface area contributed by atoms with Crippen LogP contribution in [-0.2, 0) is 10.0 Å². The molecule has 0 spiro atoms. The van der Waals surface area contributed by atoms with E-state index in [9.17, 15) is 13.2 Å². The van der Waals surface area contributed by atoms with Gasteiger partial charge in [-0.1, -0.05) is 17.7 Å². The molecule has 1 aromatic heterocycles. The maximum absolute atomic E-state index is 12.6. The second kappa shape index (κ2) is 6.42. The molecular weight excluding hydrogens is 312 g/mol. The lowest BCUT2D eigenvalue weighted by molar-refractivity contribution is 0.103. The van der Waals surface area contributed by atoms with Gasteiger partial charge in [0.25, 0.3) is 10.0 Å². The number of carbonyl (C=O) groups excluding carboxylic acids is 1. The molecule has 0 aliphatic carbocycles. The van der Waals surface area contributed by atoms with Gasteiger partial charge in [0.1, 0.15) is 0 Å². The van der Waals surface area contributed by atoms with E-state index in [0.717, 1.165) is 9.54 Å². The molecule has 23 heavy (non-hydrogen) atoms. The van der Waals surface area contributed by atoms with Crippen molar-refractivity contribution in [3.63, 3.8) is 0 Å². The predicted octanol–water partition coefficient (Wildman–Crippen LogP) is 2.68. The van der Waals surface area contributed by atoms with E-state index in [1.165, 1.54) is 18.5 Å². The first-order valence-electron chi connectivity index (χ1n) is 7.11. The van der Waals surface area contributed by atoms with Crippen molar-refractivity contribution in [2.45, 2.75) is 18.7 Å². The van der Waals surface area contributed by atoms with Crippen LogP contribution in [0.1, 0.15) is 22.8 Å². The van der Waals surface area contributed by atoms with Gasteiger partial charge in [-0.15, -0.1) is 0 Å². The number of Topliss-reactive ketones (excluding diaryl/α,β-unsaturated/α-hetero) is 1. The average Bonchev–Trinajstić information content (AvgIpc) is 2.96. The zero-order valence-corrected chi connectivity index (χ0v) is 14.5. The number of benzene rings is 1. The van der Waals surface area contributed by atoms with Crippen molar-refractivity contribution < 1.29 is 13.2 Å². The molecule has 0 radical (unpaired) electrons. The summed E-state index contributed by atoms with van der Waals surface area (Å²) in [5.74, 6) is -0.198. The SMILES string of the molecule is CC(=CN(C)C)C(=O)c1ccn(S(=O)(=O)c2ccc(C)cc2)c1. The topological polar surface area (TPSA) is 59.4 Å². The van der Waals surface area contributed by atoms with E-state index in [1.54, 1.807) is 42.3 Å². The van der Waals surface area contributed by atoms with Crippen molar-refractivity contribution in [3.05, 3.63) is 65.6 Å². The van der Waals surface area contributed by atoms with Gasteiger partial charge < -0.3 is 4.90 Å². The van der Waals surface area contributed by atoms with Crippen molar-refractivity contribution in [2.24, 2.45) is 0 Å². The quantitative estimate of drug-likeness (QED) is 0.624. The van der Waals surface area contributed by atoms with Gasteiger partial charge in [0.05, 0.1) is 4.90 Å². The van der Waals surface area contributed by atoms with Gasteiger partial charge in [0.15, 0.2) is 5.78 Å². The summed E-state index contributed by atoms with van der Waals surface area (Å²) in [6.45, 7) is 3.59. The van der Waals surface area contributed by atoms with E-state index in [0.29, 0.717) is 11.1 Å². The lowest BCUT2D eigenvalue weighted by Gasteiger charge is -2.07. The fourth-order valence-electron chi connectivity index (χ4n) is 2.17. The smallest absolute Gasteiger partial charge is 0.267 e. The minimum atomic E-state index is -3.68. The van der Waals surface area contributed by atoms with Crippen LogP contribution in [0.25, 0.3) is 0 Å². The minimum absolute atomic E-state index is 0.193. The van der Waals surface area contributed by atoms with Crippen molar-refractivity contribution in [2.75, 3.05) is 14.1 Å². The maximum Gasteiger partial charge on any atom is 0.267 e. The molecule has 1 aromatic carbocycles. The zero-order valence-electron chi connectivity index (χ0n) is 13.6. The van der Waals surface area contributed by atoms with Gasteiger partial charge >= 0.3 is 0 Å². The molecule has 2 aromatic rings. The summed E-state index contributed by atoms with van der Waals surface area (Å²) in [5.41, 5.74) is 1.87. The molecule has 0 aliphatic heterocycles. The number of rotatable bonds is 5. The van der Waals surface area contributed by atoms with Crippen molar-refractivity contribution >= 4 is 15.8 Å². The van der Waals surface area contributed by atoms with Crippen LogP contribution in [0.2, 0.25) is 0 Å². The van der Waals surface area contributed by atoms with Gasteiger partial charge in [-0.05, 0) is 32.0 Å². The predicted molar refractivity (Wildman–Crippen MR) is 90.0 cm³/mol. The number of aromatic nitrogens is 1. The van der Waals surface area contributed by atoms with Gasteiger partial charge in [0.2, 0.25) is 0 Å². The Bertz CT molecular complexity index is 844. The molecule has 0 bridgehead atoms. The number of hydrogen-bond donors (Lipinski definition) is 0. The summed E-state index contributed by atoms with van der Waals surface area (Å²) < 4.78 is 26.2. The molecule has 0 fully saturated rings. The standard InChI is InChI=1S/C17H20N2O3S/c1-13-5-7-16(8-6-13)23(21,22)19-10-9-15(12-19)17(20)14(2)11-18(3)4/h5-12H,1-4H3. The molecular formula is C17H20N2O3S. The van der Waals surface area contributed by atoms with Crippen molar-refractivity contribution in [3.8, 4) is 0 Å². The summed E-state index contributed by atoms with van der Waals surface area (Å²) >= 11 is 0. The largest absolute Gasteiger partial charge is 0.383 e. The van der Waals surface area contributed by atoms with E-state index in [2.05, 4.69) is 0 Å². The summed E-state index contributed by atoms with van der Waals surface area (Å²) in [7, 11) is -0.0362. The number of hydrogen-bond acceptors (Lipinski definition) is 4. The van der Waals surface area contributed by atoms with Crippen LogP contribution in [0.5, 0.6) is 0 Å². The van der Waals surface area contributed by atoms with Crippen LogP contribution in [0.3, 0.4) is 0 Å². The summed E-state index contributed by atoms with van der Waals surface area (Å²) in [6.07, 6.45) is 4.45.